The molecule has 2 saturated heterocycles. The summed E-state index contributed by atoms with van der Waals surface area (Å²) in [6.45, 7) is 5.55. The maximum Gasteiger partial charge on any atom is 0.254 e. The normalized spacial score (nSPS) is 20.9. The first-order valence-corrected chi connectivity index (χ1v) is 13.6. The number of anilines is 3. The fourth-order valence-corrected chi connectivity index (χ4v) is 5.96. The van der Waals surface area contributed by atoms with E-state index in [9.17, 15) is 13.2 Å². The average molecular weight is 488 g/mol. The molecule has 4 rings (SSSR count). The summed E-state index contributed by atoms with van der Waals surface area (Å²) < 4.78 is 23.8. The van der Waals surface area contributed by atoms with Crippen LogP contribution in [0.1, 0.15) is 73.1 Å². The number of nitrogens with one attached hydrogen (secondary N) is 1. The first kappa shape index (κ1) is 24.3. The lowest BCUT2D eigenvalue weighted by molar-refractivity contribution is 0.100. The second-order valence-electron chi connectivity index (χ2n) is 9.56. The number of hydrogen-bond donors (Lipinski definition) is 3. The minimum absolute atomic E-state index is 0.0558. The molecule has 0 aliphatic carbocycles. The van der Waals surface area contributed by atoms with E-state index < -0.39 is 15.7 Å². The molecule has 2 aliphatic rings. The predicted molar refractivity (Wildman–Crippen MR) is 132 cm³/mol. The third-order valence-corrected chi connectivity index (χ3v) is 8.19. The van der Waals surface area contributed by atoms with Crippen molar-refractivity contribution >= 4 is 33.2 Å². The van der Waals surface area contributed by atoms with Gasteiger partial charge in [0.05, 0.1) is 11.5 Å². The van der Waals surface area contributed by atoms with E-state index in [0.717, 1.165) is 36.5 Å². The van der Waals surface area contributed by atoms with Crippen molar-refractivity contribution in [2.75, 3.05) is 34.8 Å². The van der Waals surface area contributed by atoms with Gasteiger partial charge in [-0.25, -0.2) is 13.4 Å². The highest BCUT2D eigenvalue weighted by Crippen LogP contribution is 2.32. The molecule has 0 saturated carbocycles. The molecule has 1 atom stereocenters. The topological polar surface area (TPSA) is 157 Å². The third kappa shape index (κ3) is 5.64. The summed E-state index contributed by atoms with van der Waals surface area (Å²) in [6.07, 6.45) is 4.46. The monoisotopic (exact) mass is 487 g/mol. The van der Waals surface area contributed by atoms with Crippen LogP contribution in [-0.4, -0.2) is 59.9 Å². The fraction of sp³-hybridized carbons (Fsp3) is 0.565. The number of rotatable bonds is 6. The highest BCUT2D eigenvalue weighted by molar-refractivity contribution is 7.91. The Bertz CT molecular complexity index is 1160. The lowest BCUT2D eigenvalue weighted by atomic mass is 9.96. The molecular formula is C23H33N7O3S. The van der Waals surface area contributed by atoms with Gasteiger partial charge < -0.3 is 21.7 Å². The van der Waals surface area contributed by atoms with Gasteiger partial charge >= 0.3 is 0 Å². The highest BCUT2D eigenvalue weighted by atomic mass is 32.2. The Balaban J connectivity index is 1.67. The van der Waals surface area contributed by atoms with Crippen molar-refractivity contribution in [3.05, 3.63) is 35.3 Å². The van der Waals surface area contributed by atoms with Gasteiger partial charge in [-0.3, -0.25) is 9.78 Å². The number of carbonyl (C=O) groups excluding carboxylic acids is 1. The van der Waals surface area contributed by atoms with E-state index >= 15 is 0 Å². The molecule has 4 heterocycles. The summed E-state index contributed by atoms with van der Waals surface area (Å²) >= 11 is 0. The van der Waals surface area contributed by atoms with E-state index in [2.05, 4.69) is 29.1 Å². The molecule has 11 heteroatoms. The number of sulfone groups is 1. The Morgan fingerprint density at radius 1 is 1.18 bits per heavy atom. The van der Waals surface area contributed by atoms with Crippen molar-refractivity contribution in [2.24, 2.45) is 11.5 Å². The number of carbonyl (C=O) groups is 1. The van der Waals surface area contributed by atoms with Gasteiger partial charge in [-0.2, -0.15) is 4.98 Å². The van der Waals surface area contributed by atoms with Crippen LogP contribution in [0, 0.1) is 0 Å². The molecule has 2 fully saturated rings. The Kier molecular flexibility index (Phi) is 7.04. The zero-order valence-electron chi connectivity index (χ0n) is 19.7. The van der Waals surface area contributed by atoms with Crippen LogP contribution in [0.5, 0.6) is 0 Å². The third-order valence-electron chi connectivity index (χ3n) is 6.47. The van der Waals surface area contributed by atoms with Crippen molar-refractivity contribution in [3.8, 4) is 0 Å². The van der Waals surface area contributed by atoms with Gasteiger partial charge in [-0.05, 0) is 43.7 Å². The smallest absolute Gasteiger partial charge is 0.254 e. The standard InChI is InChI=1S/C23H33N7O3S/c1-14(2)19-10-17(11-20(28-19)15-5-8-34(32,33)9-6-15)27-22-18(21(25)31)12-26-23(29-22)30-7-3-4-16(24)13-30/h10-12,14-16H,3-9,13,24H2,1-2H3,(H2,25,31)(H,26,27,28,29)/t16-/m0/s1. The zero-order chi connectivity index (χ0) is 24.5. The van der Waals surface area contributed by atoms with Gasteiger partial charge in [-0.1, -0.05) is 13.8 Å². The van der Waals surface area contributed by atoms with Crippen LogP contribution in [0.25, 0.3) is 0 Å². The molecule has 34 heavy (non-hydrogen) atoms. The molecule has 1 amide bonds. The van der Waals surface area contributed by atoms with Crippen LogP contribution < -0.4 is 21.7 Å². The van der Waals surface area contributed by atoms with Gasteiger partial charge in [0.15, 0.2) is 0 Å². The van der Waals surface area contributed by atoms with E-state index in [0.29, 0.717) is 31.2 Å². The molecule has 2 aromatic rings. The summed E-state index contributed by atoms with van der Waals surface area (Å²) in [5.41, 5.74) is 14.4. The van der Waals surface area contributed by atoms with E-state index in [1.165, 1.54) is 6.20 Å². The predicted octanol–water partition coefficient (Wildman–Crippen LogP) is 2.06. The minimum Gasteiger partial charge on any atom is -0.365 e. The average Bonchev–Trinajstić information content (AvgIpc) is 2.78. The van der Waals surface area contributed by atoms with Crippen molar-refractivity contribution in [3.63, 3.8) is 0 Å². The Morgan fingerprint density at radius 3 is 2.56 bits per heavy atom. The number of aromatic nitrogens is 3. The Hall–Kier alpha value is -2.79. The molecule has 184 valence electrons. The maximum absolute atomic E-state index is 12.1. The number of nitrogens with two attached hydrogens (primary N) is 2. The quantitative estimate of drug-likeness (QED) is 0.554. The van der Waals surface area contributed by atoms with Gasteiger partial charge in [-0.15, -0.1) is 0 Å². The SMILES string of the molecule is CC(C)c1cc(Nc2nc(N3CCC[C@H](N)C3)ncc2C(N)=O)cc(C2CCS(=O)(=O)CC2)n1. The lowest BCUT2D eigenvalue weighted by Gasteiger charge is -2.31. The summed E-state index contributed by atoms with van der Waals surface area (Å²) in [4.78, 5) is 27.9. The molecule has 2 aliphatic heterocycles. The van der Waals surface area contributed by atoms with E-state index in [-0.39, 0.29) is 34.9 Å². The molecule has 0 bridgehead atoms. The number of amides is 1. The van der Waals surface area contributed by atoms with Crippen molar-refractivity contribution < 1.29 is 13.2 Å². The second-order valence-corrected chi connectivity index (χ2v) is 11.9. The van der Waals surface area contributed by atoms with Gasteiger partial charge in [0.25, 0.3) is 5.91 Å². The van der Waals surface area contributed by atoms with E-state index in [1.54, 1.807) is 0 Å². The molecule has 2 aromatic heterocycles. The van der Waals surface area contributed by atoms with E-state index in [1.807, 2.05) is 17.0 Å². The summed E-state index contributed by atoms with van der Waals surface area (Å²) in [6, 6.07) is 3.90. The second kappa shape index (κ2) is 9.83. The first-order valence-electron chi connectivity index (χ1n) is 11.8. The molecule has 5 N–H and O–H groups in total. The number of hydrogen-bond acceptors (Lipinski definition) is 9. The maximum atomic E-state index is 12.1. The fourth-order valence-electron chi connectivity index (χ4n) is 4.47. The number of primary amides is 1. The molecule has 0 unspecified atom stereocenters. The van der Waals surface area contributed by atoms with Crippen molar-refractivity contribution in [1.82, 2.24) is 15.0 Å². The van der Waals surface area contributed by atoms with Crippen LogP contribution in [0.3, 0.4) is 0 Å². The molecule has 10 nitrogen and oxygen atoms in total. The van der Waals surface area contributed by atoms with Crippen LogP contribution in [0.4, 0.5) is 17.5 Å². The first-order chi connectivity index (χ1) is 16.1. The number of piperidine rings is 1. The zero-order valence-corrected chi connectivity index (χ0v) is 20.5. The summed E-state index contributed by atoms with van der Waals surface area (Å²) in [5, 5.41) is 3.27. The largest absolute Gasteiger partial charge is 0.365 e. The molecule has 0 aromatic carbocycles. The molecule has 0 radical (unpaired) electrons. The Labute approximate surface area is 200 Å². The Morgan fingerprint density at radius 2 is 1.91 bits per heavy atom. The van der Waals surface area contributed by atoms with Crippen LogP contribution in [0.2, 0.25) is 0 Å². The number of pyridine rings is 1. The highest BCUT2D eigenvalue weighted by Gasteiger charge is 2.27. The summed E-state index contributed by atoms with van der Waals surface area (Å²) in [5.74, 6) is 0.780. The van der Waals surface area contributed by atoms with Crippen molar-refractivity contribution in [1.29, 1.82) is 0 Å². The van der Waals surface area contributed by atoms with Crippen LogP contribution in [0.15, 0.2) is 18.3 Å². The minimum atomic E-state index is -2.97. The van der Waals surface area contributed by atoms with Crippen LogP contribution >= 0.6 is 0 Å². The molecule has 0 spiro atoms. The van der Waals surface area contributed by atoms with Gasteiger partial charge in [0, 0.05) is 48.3 Å². The van der Waals surface area contributed by atoms with E-state index in [4.69, 9.17) is 16.5 Å². The van der Waals surface area contributed by atoms with Crippen LogP contribution in [-0.2, 0) is 9.84 Å². The van der Waals surface area contributed by atoms with Gasteiger partial charge in [0.1, 0.15) is 21.2 Å². The molecular weight excluding hydrogens is 454 g/mol. The van der Waals surface area contributed by atoms with Crippen molar-refractivity contribution in [2.45, 2.75) is 57.4 Å². The number of nitrogens with zero attached hydrogens (tertiary/aromatic N) is 4. The summed E-state index contributed by atoms with van der Waals surface area (Å²) in [7, 11) is -2.97. The lowest BCUT2D eigenvalue weighted by Crippen LogP contribution is -2.43. The van der Waals surface area contributed by atoms with Gasteiger partial charge in [0.2, 0.25) is 5.95 Å².